The minimum atomic E-state index is -0.975. The van der Waals surface area contributed by atoms with E-state index in [4.69, 9.17) is 14.2 Å². The van der Waals surface area contributed by atoms with Gasteiger partial charge in [-0.3, -0.25) is 0 Å². The summed E-state index contributed by atoms with van der Waals surface area (Å²) in [5, 5.41) is 14.7. The molecule has 0 aliphatic heterocycles. The van der Waals surface area contributed by atoms with Crippen LogP contribution in [0.25, 0.3) is 11.1 Å². The second kappa shape index (κ2) is 15.6. The van der Waals surface area contributed by atoms with Crippen LogP contribution < -0.4 is 10.6 Å². The SMILES string of the molecule is CC(C)(C)OC(=O)NCCCCC(NC(=O)OCC1c2ccccc2-c2ccccc21)C(=O)OCCCCO[N+](=O)[O-]. The van der Waals surface area contributed by atoms with Gasteiger partial charge in [-0.25, -0.2) is 14.4 Å². The Hall–Kier alpha value is -4.35. The number of carbonyl (C=O) groups excluding carboxylic acids is 3. The summed E-state index contributed by atoms with van der Waals surface area (Å²) < 4.78 is 16.1. The topological polar surface area (TPSA) is 155 Å². The Morgan fingerprint density at radius 3 is 2.12 bits per heavy atom. The molecule has 3 rings (SSSR count). The lowest BCUT2D eigenvalue weighted by Crippen LogP contribution is -2.42. The van der Waals surface area contributed by atoms with E-state index >= 15 is 0 Å². The highest BCUT2D eigenvalue weighted by Gasteiger charge is 2.30. The van der Waals surface area contributed by atoms with Crippen molar-refractivity contribution in [3.05, 3.63) is 69.8 Å². The third-order valence-corrected chi connectivity index (χ3v) is 6.49. The maximum Gasteiger partial charge on any atom is 0.407 e. The average molecular weight is 586 g/mol. The standard InChI is InChI=1S/C30H39N3O9/c1-30(2,3)42-28(35)31-17-9-8-16-26(27(34)39-18-10-11-19-41-33(37)38)32-29(36)40-20-25-23-14-6-4-12-21(23)22-13-5-7-15-24(22)25/h4-7,12-15,25-26H,8-11,16-20H2,1-3H3,(H,31,35)(H,32,36). The minimum absolute atomic E-state index is 0.0168. The van der Waals surface area contributed by atoms with Gasteiger partial charge in [-0.1, -0.05) is 48.5 Å². The summed E-state index contributed by atoms with van der Waals surface area (Å²) in [6.45, 7) is 5.66. The number of amides is 2. The molecule has 12 nitrogen and oxygen atoms in total. The quantitative estimate of drug-likeness (QED) is 0.0952. The van der Waals surface area contributed by atoms with Crippen LogP contribution in [0.4, 0.5) is 9.59 Å². The molecule has 1 unspecified atom stereocenters. The number of alkyl carbamates (subject to hydrolysis) is 2. The predicted molar refractivity (Wildman–Crippen MR) is 153 cm³/mol. The van der Waals surface area contributed by atoms with Gasteiger partial charge < -0.3 is 29.7 Å². The van der Waals surface area contributed by atoms with Crippen LogP contribution >= 0.6 is 0 Å². The summed E-state index contributed by atoms with van der Waals surface area (Å²) in [7, 11) is 0. The molecule has 0 saturated heterocycles. The lowest BCUT2D eigenvalue weighted by Gasteiger charge is -2.20. The van der Waals surface area contributed by atoms with Gasteiger partial charge in [0.15, 0.2) is 0 Å². The second-order valence-corrected chi connectivity index (χ2v) is 10.9. The molecule has 1 aliphatic rings. The van der Waals surface area contributed by atoms with Crippen LogP contribution in [0, 0.1) is 10.1 Å². The molecule has 0 radical (unpaired) electrons. The van der Waals surface area contributed by atoms with Crippen LogP contribution in [0.2, 0.25) is 0 Å². The predicted octanol–water partition coefficient (Wildman–Crippen LogP) is 5.12. The molecule has 1 aliphatic carbocycles. The Bertz CT molecular complexity index is 1180. The first-order chi connectivity index (χ1) is 20.0. The van der Waals surface area contributed by atoms with Gasteiger partial charge in [0, 0.05) is 12.5 Å². The molecule has 12 heteroatoms. The molecule has 2 aromatic carbocycles. The third-order valence-electron chi connectivity index (χ3n) is 6.49. The number of benzene rings is 2. The molecule has 2 N–H and O–H groups in total. The van der Waals surface area contributed by atoms with Gasteiger partial charge in [-0.05, 0) is 75.1 Å². The molecule has 0 bridgehead atoms. The second-order valence-electron chi connectivity index (χ2n) is 10.9. The Balaban J connectivity index is 1.52. The van der Waals surface area contributed by atoms with E-state index in [0.717, 1.165) is 22.3 Å². The molecule has 0 heterocycles. The van der Waals surface area contributed by atoms with Gasteiger partial charge in [0.1, 0.15) is 18.2 Å². The van der Waals surface area contributed by atoms with E-state index in [0.29, 0.717) is 32.2 Å². The van der Waals surface area contributed by atoms with Gasteiger partial charge in [-0.15, -0.1) is 10.1 Å². The van der Waals surface area contributed by atoms with Crippen molar-refractivity contribution < 1.29 is 38.5 Å². The van der Waals surface area contributed by atoms with Crippen LogP contribution in [0.3, 0.4) is 0 Å². The summed E-state index contributed by atoms with van der Waals surface area (Å²) >= 11 is 0. The van der Waals surface area contributed by atoms with Crippen molar-refractivity contribution in [2.45, 2.75) is 70.4 Å². The lowest BCUT2D eigenvalue weighted by molar-refractivity contribution is -0.757. The van der Waals surface area contributed by atoms with E-state index < -0.39 is 34.9 Å². The normalized spacial score (nSPS) is 12.8. The van der Waals surface area contributed by atoms with Crippen LogP contribution in [0.15, 0.2) is 48.5 Å². The van der Waals surface area contributed by atoms with Crippen LogP contribution in [0.5, 0.6) is 0 Å². The number of rotatable bonds is 15. The Labute approximate surface area is 245 Å². The van der Waals surface area contributed by atoms with Crippen molar-refractivity contribution in [2.75, 3.05) is 26.4 Å². The van der Waals surface area contributed by atoms with Gasteiger partial charge in [0.05, 0.1) is 13.2 Å². The Morgan fingerprint density at radius 1 is 0.881 bits per heavy atom. The number of ether oxygens (including phenoxy) is 3. The fourth-order valence-corrected chi connectivity index (χ4v) is 4.63. The van der Waals surface area contributed by atoms with Crippen molar-refractivity contribution >= 4 is 18.2 Å². The average Bonchev–Trinajstić information content (AvgIpc) is 3.25. The molecule has 0 saturated carbocycles. The van der Waals surface area contributed by atoms with E-state index in [1.807, 2.05) is 48.5 Å². The molecular formula is C30H39N3O9. The fraction of sp³-hybridized carbons (Fsp3) is 0.500. The maximum absolute atomic E-state index is 12.8. The Morgan fingerprint density at radius 2 is 1.50 bits per heavy atom. The molecule has 2 amide bonds. The fourth-order valence-electron chi connectivity index (χ4n) is 4.63. The van der Waals surface area contributed by atoms with Crippen LogP contribution in [-0.4, -0.2) is 61.3 Å². The molecule has 0 spiro atoms. The van der Waals surface area contributed by atoms with E-state index in [1.165, 1.54) is 0 Å². The first-order valence-electron chi connectivity index (χ1n) is 14.1. The van der Waals surface area contributed by atoms with E-state index in [2.05, 4.69) is 15.5 Å². The summed E-state index contributed by atoms with van der Waals surface area (Å²) in [4.78, 5) is 52.0. The van der Waals surface area contributed by atoms with Gasteiger partial charge in [-0.2, -0.15) is 0 Å². The van der Waals surface area contributed by atoms with Crippen LogP contribution in [-0.2, 0) is 23.8 Å². The summed E-state index contributed by atoms with van der Waals surface area (Å²) in [6.07, 6.45) is 0.695. The zero-order valence-electron chi connectivity index (χ0n) is 24.3. The number of carbonyl (C=O) groups is 3. The highest BCUT2D eigenvalue weighted by molar-refractivity contribution is 5.82. The van der Waals surface area contributed by atoms with E-state index in [1.54, 1.807) is 20.8 Å². The number of nitrogens with zero attached hydrogens (tertiary/aromatic N) is 1. The Kier molecular flexibility index (Phi) is 11.9. The van der Waals surface area contributed by atoms with Crippen molar-refractivity contribution in [1.29, 1.82) is 0 Å². The number of nitrogens with one attached hydrogen (secondary N) is 2. The minimum Gasteiger partial charge on any atom is -0.464 e. The summed E-state index contributed by atoms with van der Waals surface area (Å²) in [6, 6.07) is 15.0. The largest absolute Gasteiger partial charge is 0.464 e. The van der Waals surface area contributed by atoms with Crippen molar-refractivity contribution in [1.82, 2.24) is 10.6 Å². The zero-order valence-corrected chi connectivity index (χ0v) is 24.3. The molecule has 0 aromatic heterocycles. The highest BCUT2D eigenvalue weighted by Crippen LogP contribution is 2.44. The molecule has 228 valence electrons. The number of hydrogen-bond acceptors (Lipinski definition) is 9. The number of unbranched alkanes of at least 4 members (excludes halogenated alkanes) is 2. The molecule has 0 fully saturated rings. The van der Waals surface area contributed by atoms with Crippen LogP contribution in [0.1, 0.15) is 69.9 Å². The van der Waals surface area contributed by atoms with Crippen molar-refractivity contribution in [3.8, 4) is 11.1 Å². The van der Waals surface area contributed by atoms with Gasteiger partial charge in [0.25, 0.3) is 5.09 Å². The third kappa shape index (κ3) is 10.2. The monoisotopic (exact) mass is 585 g/mol. The van der Waals surface area contributed by atoms with E-state index in [-0.39, 0.29) is 32.2 Å². The number of hydrogen-bond donors (Lipinski definition) is 2. The first-order valence-corrected chi connectivity index (χ1v) is 14.1. The molecule has 42 heavy (non-hydrogen) atoms. The zero-order chi connectivity index (χ0) is 30.5. The molecule has 2 aromatic rings. The smallest absolute Gasteiger partial charge is 0.407 e. The lowest BCUT2D eigenvalue weighted by atomic mass is 9.98. The molecular weight excluding hydrogens is 546 g/mol. The van der Waals surface area contributed by atoms with Crippen molar-refractivity contribution in [2.24, 2.45) is 0 Å². The number of esters is 1. The van der Waals surface area contributed by atoms with Gasteiger partial charge in [0.2, 0.25) is 0 Å². The maximum atomic E-state index is 12.8. The summed E-state index contributed by atoms with van der Waals surface area (Å²) in [5.41, 5.74) is 3.74. The van der Waals surface area contributed by atoms with Crippen molar-refractivity contribution in [3.63, 3.8) is 0 Å². The van der Waals surface area contributed by atoms with Gasteiger partial charge >= 0.3 is 18.2 Å². The first kappa shape index (κ1) is 32.2. The molecule has 1 atom stereocenters. The number of fused-ring (bicyclic) bond motifs is 3. The van der Waals surface area contributed by atoms with E-state index in [9.17, 15) is 24.5 Å². The summed E-state index contributed by atoms with van der Waals surface area (Å²) in [5.74, 6) is -0.771. The highest BCUT2D eigenvalue weighted by atomic mass is 16.9.